The van der Waals surface area contributed by atoms with Crippen molar-refractivity contribution < 1.29 is 9.53 Å². The van der Waals surface area contributed by atoms with Crippen LogP contribution < -0.4 is 10.5 Å². The van der Waals surface area contributed by atoms with Crippen LogP contribution in [0.5, 0.6) is 5.75 Å². The molecule has 1 aliphatic rings. The van der Waals surface area contributed by atoms with Gasteiger partial charge < -0.3 is 15.4 Å². The van der Waals surface area contributed by atoms with Gasteiger partial charge in [-0.15, -0.1) is 0 Å². The Morgan fingerprint density at radius 1 is 1.56 bits per heavy atom. The van der Waals surface area contributed by atoms with E-state index in [0.29, 0.717) is 12.4 Å². The Kier molecular flexibility index (Phi) is 3.56. The Bertz CT molecular complexity index is 516. The van der Waals surface area contributed by atoms with Crippen molar-refractivity contribution in [2.75, 3.05) is 13.7 Å². The molecule has 2 N–H and O–H groups in total. The van der Waals surface area contributed by atoms with Gasteiger partial charge in [0.1, 0.15) is 17.6 Å². The van der Waals surface area contributed by atoms with Crippen LogP contribution in [0.1, 0.15) is 18.5 Å². The third-order valence-electron chi connectivity index (χ3n) is 2.91. The predicted molar refractivity (Wildman–Crippen MR) is 72.8 cm³/mol. The molecule has 1 aromatic rings. The lowest BCUT2D eigenvalue weighted by Gasteiger charge is -2.24. The van der Waals surface area contributed by atoms with Gasteiger partial charge >= 0.3 is 6.03 Å². The summed E-state index contributed by atoms with van der Waals surface area (Å²) in [6.45, 7) is 2.46. The van der Waals surface area contributed by atoms with Crippen molar-refractivity contribution in [2.45, 2.75) is 13.0 Å². The van der Waals surface area contributed by atoms with Gasteiger partial charge in [-0.2, -0.15) is 4.99 Å². The fraction of sp³-hybridized carbons (Fsp3) is 0.333. The number of halogens is 1. The molecule has 0 radical (unpaired) electrons. The molecule has 0 aromatic heterocycles. The topological polar surface area (TPSA) is 67.9 Å². The standard InChI is InChI=1S/C12H14BrN3O2/c1-3-16-10(11(14)15-12(16)17)8-5-4-7(18-2)6-9(8)13/h4-6,10H,3H2,1-2H3,(H2,14,15,17). The molecule has 18 heavy (non-hydrogen) atoms. The average Bonchev–Trinajstić information content (AvgIpc) is 2.63. The molecule has 0 bridgehead atoms. The third-order valence-corrected chi connectivity index (χ3v) is 3.59. The lowest BCUT2D eigenvalue weighted by atomic mass is 10.1. The van der Waals surface area contributed by atoms with Gasteiger partial charge in [-0.25, -0.2) is 4.79 Å². The number of amides is 2. The lowest BCUT2D eigenvalue weighted by Crippen LogP contribution is -2.33. The SMILES string of the molecule is CCN1C(=O)N=C(N)C1c1ccc(OC)cc1Br. The van der Waals surface area contributed by atoms with Crippen LogP contribution in [0.4, 0.5) is 4.79 Å². The van der Waals surface area contributed by atoms with E-state index in [1.165, 1.54) is 0 Å². The van der Waals surface area contributed by atoms with Crippen molar-refractivity contribution in [3.05, 3.63) is 28.2 Å². The molecule has 0 saturated carbocycles. The van der Waals surface area contributed by atoms with Crippen LogP contribution in [0.25, 0.3) is 0 Å². The lowest BCUT2D eigenvalue weighted by molar-refractivity contribution is 0.209. The second kappa shape index (κ2) is 4.97. The second-order valence-electron chi connectivity index (χ2n) is 3.90. The van der Waals surface area contributed by atoms with Crippen molar-refractivity contribution in [3.8, 4) is 5.75 Å². The van der Waals surface area contributed by atoms with Crippen LogP contribution in [0.3, 0.4) is 0 Å². The number of carbonyl (C=O) groups excluding carboxylic acids is 1. The van der Waals surface area contributed by atoms with Crippen LogP contribution in [0.2, 0.25) is 0 Å². The number of urea groups is 1. The Labute approximate surface area is 114 Å². The van der Waals surface area contributed by atoms with Crippen LogP contribution in [-0.2, 0) is 0 Å². The van der Waals surface area contributed by atoms with E-state index in [2.05, 4.69) is 20.9 Å². The monoisotopic (exact) mass is 311 g/mol. The van der Waals surface area contributed by atoms with E-state index in [4.69, 9.17) is 10.5 Å². The zero-order valence-corrected chi connectivity index (χ0v) is 11.8. The fourth-order valence-corrected chi connectivity index (χ4v) is 2.58. The first-order valence-electron chi connectivity index (χ1n) is 5.56. The molecule has 1 atom stereocenters. The van der Waals surface area contributed by atoms with E-state index in [1.54, 1.807) is 12.0 Å². The molecule has 5 nitrogen and oxygen atoms in total. The van der Waals surface area contributed by atoms with Gasteiger partial charge in [-0.05, 0) is 24.6 Å². The van der Waals surface area contributed by atoms with Crippen molar-refractivity contribution in [1.82, 2.24) is 4.90 Å². The van der Waals surface area contributed by atoms with Gasteiger partial charge in [0, 0.05) is 11.0 Å². The number of rotatable bonds is 3. The average molecular weight is 312 g/mol. The highest BCUT2D eigenvalue weighted by atomic mass is 79.9. The molecule has 2 amide bonds. The molecule has 6 heteroatoms. The molecule has 0 spiro atoms. The van der Waals surface area contributed by atoms with Gasteiger partial charge in [0.05, 0.1) is 7.11 Å². The van der Waals surface area contributed by atoms with Crippen molar-refractivity contribution >= 4 is 27.8 Å². The van der Waals surface area contributed by atoms with Gasteiger partial charge in [-0.1, -0.05) is 22.0 Å². The van der Waals surface area contributed by atoms with Crippen molar-refractivity contribution in [2.24, 2.45) is 10.7 Å². The summed E-state index contributed by atoms with van der Waals surface area (Å²) in [5.41, 5.74) is 6.75. The number of hydrogen-bond donors (Lipinski definition) is 1. The van der Waals surface area contributed by atoms with Crippen LogP contribution in [0, 0.1) is 0 Å². The zero-order chi connectivity index (χ0) is 13.3. The summed E-state index contributed by atoms with van der Waals surface area (Å²) in [6, 6.07) is 4.98. The van der Waals surface area contributed by atoms with E-state index < -0.39 is 0 Å². The highest BCUT2D eigenvalue weighted by molar-refractivity contribution is 9.10. The van der Waals surface area contributed by atoms with E-state index in [0.717, 1.165) is 15.8 Å². The number of nitrogens with zero attached hydrogens (tertiary/aromatic N) is 2. The van der Waals surface area contributed by atoms with E-state index in [-0.39, 0.29) is 12.1 Å². The number of likely N-dealkylation sites (N-methyl/N-ethyl adjacent to an activating group) is 1. The Morgan fingerprint density at radius 2 is 2.28 bits per heavy atom. The van der Waals surface area contributed by atoms with E-state index in [1.807, 2.05) is 25.1 Å². The molecular weight excluding hydrogens is 298 g/mol. The van der Waals surface area contributed by atoms with E-state index >= 15 is 0 Å². The number of carbonyl (C=O) groups is 1. The molecule has 0 fully saturated rings. The van der Waals surface area contributed by atoms with Gasteiger partial charge in [0.15, 0.2) is 0 Å². The minimum Gasteiger partial charge on any atom is -0.497 e. The number of methoxy groups -OCH3 is 1. The van der Waals surface area contributed by atoms with Crippen LogP contribution >= 0.6 is 15.9 Å². The molecule has 1 heterocycles. The molecule has 0 aliphatic carbocycles. The first kappa shape index (κ1) is 12.9. The smallest absolute Gasteiger partial charge is 0.346 e. The van der Waals surface area contributed by atoms with Crippen LogP contribution in [-0.4, -0.2) is 30.4 Å². The Morgan fingerprint density at radius 3 is 2.83 bits per heavy atom. The minimum absolute atomic E-state index is 0.289. The number of nitrogens with two attached hydrogens (primary N) is 1. The van der Waals surface area contributed by atoms with Crippen molar-refractivity contribution in [3.63, 3.8) is 0 Å². The predicted octanol–water partition coefficient (Wildman–Crippen LogP) is 2.31. The largest absolute Gasteiger partial charge is 0.497 e. The summed E-state index contributed by atoms with van der Waals surface area (Å²) >= 11 is 3.47. The maximum atomic E-state index is 11.7. The number of aliphatic imine (C=N–C) groups is 1. The van der Waals surface area contributed by atoms with E-state index in [9.17, 15) is 4.79 Å². The zero-order valence-electron chi connectivity index (χ0n) is 10.2. The number of amidine groups is 1. The fourth-order valence-electron chi connectivity index (χ4n) is 2.01. The summed E-state index contributed by atoms with van der Waals surface area (Å²) in [5.74, 6) is 1.07. The highest BCUT2D eigenvalue weighted by Gasteiger charge is 2.34. The maximum Gasteiger partial charge on any atom is 0.346 e. The van der Waals surface area contributed by atoms with Gasteiger partial charge in [0.25, 0.3) is 0 Å². The molecule has 1 aliphatic heterocycles. The molecule has 1 unspecified atom stereocenters. The first-order valence-corrected chi connectivity index (χ1v) is 6.35. The quantitative estimate of drug-likeness (QED) is 0.931. The molecule has 96 valence electrons. The number of benzene rings is 1. The Balaban J connectivity index is 2.42. The molecular formula is C12H14BrN3O2. The number of ether oxygens (including phenoxy) is 1. The van der Waals surface area contributed by atoms with Crippen LogP contribution in [0.15, 0.2) is 27.7 Å². The normalized spacial score (nSPS) is 19.1. The highest BCUT2D eigenvalue weighted by Crippen LogP contribution is 2.33. The summed E-state index contributed by atoms with van der Waals surface area (Å²) in [5, 5.41) is 0. The summed E-state index contributed by atoms with van der Waals surface area (Å²) in [4.78, 5) is 17.1. The molecule has 0 saturated heterocycles. The maximum absolute atomic E-state index is 11.7. The second-order valence-corrected chi connectivity index (χ2v) is 4.75. The Hall–Kier alpha value is -1.56. The summed E-state index contributed by atoms with van der Waals surface area (Å²) in [6.07, 6.45) is 0. The van der Waals surface area contributed by atoms with Gasteiger partial charge in [0.2, 0.25) is 0 Å². The molecule has 1 aromatic carbocycles. The summed E-state index contributed by atoms with van der Waals surface area (Å²) < 4.78 is 5.99. The van der Waals surface area contributed by atoms with Gasteiger partial charge in [-0.3, -0.25) is 0 Å². The van der Waals surface area contributed by atoms with Crippen molar-refractivity contribution in [1.29, 1.82) is 0 Å². The minimum atomic E-state index is -0.303. The first-order chi connectivity index (χ1) is 8.58. The number of hydrogen-bond acceptors (Lipinski definition) is 3. The summed E-state index contributed by atoms with van der Waals surface area (Å²) in [7, 11) is 1.61. The molecule has 2 rings (SSSR count). The third kappa shape index (κ3) is 2.08.